The Hall–Kier alpha value is -3.44. The molecule has 1 aromatic heterocycles. The second kappa shape index (κ2) is 17.5. The van der Waals surface area contributed by atoms with Gasteiger partial charge >= 0.3 is 0 Å². The van der Waals surface area contributed by atoms with Crippen molar-refractivity contribution in [2.24, 2.45) is 23.7 Å². The highest BCUT2D eigenvalue weighted by Gasteiger charge is 2.38. The van der Waals surface area contributed by atoms with Crippen LogP contribution in [-0.2, 0) is 17.6 Å². The van der Waals surface area contributed by atoms with Crippen molar-refractivity contribution in [3.8, 4) is 18.1 Å². The maximum Gasteiger partial charge on any atom is 0.233 e. The predicted octanol–water partition coefficient (Wildman–Crippen LogP) is 8.58. The number of nitrogens with zero attached hydrogens (tertiary/aromatic N) is 2. The normalized spacial score (nSPS) is 25.9. The fourth-order valence-corrected chi connectivity index (χ4v) is 7.78. The van der Waals surface area contributed by atoms with Gasteiger partial charge in [-0.1, -0.05) is 63.1 Å². The van der Waals surface area contributed by atoms with Crippen LogP contribution in [0.5, 0.6) is 5.75 Å². The largest absolute Gasteiger partial charge is 0.491 e. The lowest BCUT2D eigenvalue weighted by atomic mass is 9.70. The topological polar surface area (TPSA) is 74.7 Å². The molecule has 1 amide bonds. The second-order valence-corrected chi connectivity index (χ2v) is 15.1. The number of fused-ring (bicyclic) bond motifs is 2. The molecule has 2 aromatic carbocycles. The highest BCUT2D eigenvalue weighted by Crippen LogP contribution is 2.43. The van der Waals surface area contributed by atoms with Crippen molar-refractivity contribution in [2.45, 2.75) is 83.1 Å². The number of aryl methyl sites for hydroxylation is 2. The van der Waals surface area contributed by atoms with Gasteiger partial charge in [-0.2, -0.15) is 0 Å². The number of aliphatic hydroxyl groups is 1. The number of pyridine rings is 1. The quantitative estimate of drug-likeness (QED) is 0.162. The van der Waals surface area contributed by atoms with Crippen molar-refractivity contribution < 1.29 is 14.6 Å². The van der Waals surface area contributed by atoms with Crippen molar-refractivity contribution in [1.82, 2.24) is 9.71 Å². The van der Waals surface area contributed by atoms with E-state index >= 15 is 0 Å². The first-order valence-electron chi connectivity index (χ1n) is 17.6. The SMILES string of the molecule is C#CCc1ccc(C)nc1.CCCc1cc(Cl)ccc1C1COc2ccc3cc2N(C1)CC1CCC1C(O)/C=C/CC(C)C(C)C(=O)NS3. The summed E-state index contributed by atoms with van der Waals surface area (Å²) < 4.78 is 9.53. The van der Waals surface area contributed by atoms with Gasteiger partial charge in [0.25, 0.3) is 0 Å². The number of rotatable bonds is 4. The van der Waals surface area contributed by atoms with Crippen LogP contribution in [0, 0.1) is 42.9 Å². The van der Waals surface area contributed by atoms with E-state index in [1.165, 1.54) is 23.1 Å². The molecular weight excluding hydrogens is 650 g/mol. The highest BCUT2D eigenvalue weighted by atomic mass is 35.5. The molecule has 1 saturated carbocycles. The van der Waals surface area contributed by atoms with Crippen LogP contribution in [0.1, 0.15) is 74.8 Å². The molecule has 1 aliphatic carbocycles. The van der Waals surface area contributed by atoms with Crippen LogP contribution in [-0.4, -0.2) is 41.8 Å². The fraction of sp³-hybridized carbons (Fsp3) is 0.463. The summed E-state index contributed by atoms with van der Waals surface area (Å²) >= 11 is 7.77. The number of carbonyl (C=O) groups is 1. The van der Waals surface area contributed by atoms with Crippen LogP contribution in [0.15, 0.2) is 71.8 Å². The molecule has 6 rings (SSSR count). The fourth-order valence-electron chi connectivity index (χ4n) is 6.87. The van der Waals surface area contributed by atoms with Crippen molar-refractivity contribution in [2.75, 3.05) is 24.6 Å². The van der Waals surface area contributed by atoms with E-state index in [0.29, 0.717) is 18.9 Å². The van der Waals surface area contributed by atoms with Crippen LogP contribution in [0.4, 0.5) is 5.69 Å². The van der Waals surface area contributed by atoms with Gasteiger partial charge in [0.2, 0.25) is 5.91 Å². The Labute approximate surface area is 302 Å². The molecule has 0 spiro atoms. The Balaban J connectivity index is 0.000000402. The van der Waals surface area contributed by atoms with Gasteiger partial charge in [0.15, 0.2) is 0 Å². The summed E-state index contributed by atoms with van der Waals surface area (Å²) in [7, 11) is 0. The molecule has 6 nitrogen and oxygen atoms in total. The van der Waals surface area contributed by atoms with E-state index in [2.05, 4.69) is 58.6 Å². The van der Waals surface area contributed by atoms with E-state index in [1.54, 1.807) is 0 Å². The molecule has 3 aromatic rings. The van der Waals surface area contributed by atoms with E-state index in [0.717, 1.165) is 77.8 Å². The van der Waals surface area contributed by atoms with Crippen molar-refractivity contribution in [3.63, 3.8) is 0 Å². The zero-order valence-corrected chi connectivity index (χ0v) is 30.8. The third-order valence-corrected chi connectivity index (χ3v) is 11.3. The second-order valence-electron chi connectivity index (χ2n) is 13.8. The standard InChI is InChI=1S/C32H41ClN2O3S.C9H9N/c1-4-6-22-15-25(33)10-13-27(22)24-18-35-17-23-9-12-28(23)30(36)8-5-7-20(2)21(3)32(37)34-39-26-11-14-31(38-19-24)29(35)16-26;1-3-4-9-6-5-8(2)10-7-9/h5,8,10-11,13-16,20-21,23-24,28,30,36H,4,6-7,9,12,17-19H2,1-3H3,(H,34,37);1,5-7H,4H2,2H3/b8-5+;. The number of hydrogen-bond donors (Lipinski definition) is 2. The highest BCUT2D eigenvalue weighted by molar-refractivity contribution is 7.98. The van der Waals surface area contributed by atoms with Crippen molar-refractivity contribution in [1.29, 1.82) is 0 Å². The van der Waals surface area contributed by atoms with Crippen LogP contribution < -0.4 is 14.4 Å². The molecule has 3 heterocycles. The Morgan fingerprint density at radius 3 is 2.69 bits per heavy atom. The van der Waals surface area contributed by atoms with Crippen LogP contribution >= 0.6 is 23.5 Å². The van der Waals surface area contributed by atoms with E-state index < -0.39 is 6.10 Å². The average molecular weight is 700 g/mol. The zero-order valence-electron chi connectivity index (χ0n) is 29.2. The minimum atomic E-state index is -0.458. The lowest BCUT2D eigenvalue weighted by Crippen LogP contribution is -2.44. The number of amides is 1. The van der Waals surface area contributed by atoms with Crippen molar-refractivity contribution in [3.05, 3.63) is 94.3 Å². The van der Waals surface area contributed by atoms with Gasteiger partial charge in [-0.25, -0.2) is 0 Å². The number of halogens is 1. The van der Waals surface area contributed by atoms with Crippen LogP contribution in [0.2, 0.25) is 5.02 Å². The molecule has 2 bridgehead atoms. The smallest absolute Gasteiger partial charge is 0.233 e. The summed E-state index contributed by atoms with van der Waals surface area (Å²) in [5.74, 6) is 4.40. The molecule has 260 valence electrons. The molecule has 8 heteroatoms. The van der Waals surface area contributed by atoms with Gasteiger partial charge in [0.1, 0.15) is 5.75 Å². The maximum atomic E-state index is 12.9. The molecule has 2 N–H and O–H groups in total. The number of carbonyl (C=O) groups excluding carboxylic acids is 1. The van der Waals surface area contributed by atoms with Crippen LogP contribution in [0.25, 0.3) is 0 Å². The first kappa shape index (κ1) is 36.8. The predicted molar refractivity (Wildman–Crippen MR) is 202 cm³/mol. The number of allylic oxidation sites excluding steroid dienone is 1. The summed E-state index contributed by atoms with van der Waals surface area (Å²) in [5.41, 5.74) is 5.79. The minimum Gasteiger partial charge on any atom is -0.491 e. The lowest BCUT2D eigenvalue weighted by Gasteiger charge is -2.42. The Bertz CT molecular complexity index is 1640. The van der Waals surface area contributed by atoms with E-state index in [1.807, 2.05) is 56.5 Å². The molecule has 0 saturated heterocycles. The number of nitrogens with one attached hydrogen (secondary N) is 1. The monoisotopic (exact) mass is 699 g/mol. The van der Waals surface area contributed by atoms with Gasteiger partial charge < -0.3 is 14.7 Å². The molecule has 49 heavy (non-hydrogen) atoms. The number of terminal acetylenes is 1. The van der Waals surface area contributed by atoms with Crippen molar-refractivity contribution >= 4 is 35.1 Å². The van der Waals surface area contributed by atoms with Gasteiger partial charge in [-0.15, -0.1) is 12.3 Å². The summed E-state index contributed by atoms with van der Waals surface area (Å²) in [6.07, 6.45) is 16.2. The number of aliphatic hydroxyl groups excluding tert-OH is 1. The summed E-state index contributed by atoms with van der Waals surface area (Å²) in [5, 5.41) is 11.8. The maximum absolute atomic E-state index is 12.9. The molecule has 3 aliphatic rings. The lowest BCUT2D eigenvalue weighted by molar-refractivity contribution is -0.123. The summed E-state index contributed by atoms with van der Waals surface area (Å²) in [4.78, 5) is 20.5. The molecule has 0 radical (unpaired) electrons. The van der Waals surface area contributed by atoms with Gasteiger partial charge in [-0.3, -0.25) is 14.5 Å². The molecule has 2 aliphatic heterocycles. The first-order valence-corrected chi connectivity index (χ1v) is 18.8. The first-order chi connectivity index (χ1) is 23.7. The number of ether oxygens (including phenoxy) is 1. The van der Waals surface area contributed by atoms with Gasteiger partial charge in [0.05, 0.1) is 18.4 Å². The number of anilines is 1. The summed E-state index contributed by atoms with van der Waals surface area (Å²) in [6.45, 7) is 10.5. The minimum absolute atomic E-state index is 0.0295. The number of hydrogen-bond acceptors (Lipinski definition) is 6. The van der Waals surface area contributed by atoms with E-state index in [9.17, 15) is 9.90 Å². The van der Waals surface area contributed by atoms with E-state index in [-0.39, 0.29) is 29.6 Å². The average Bonchev–Trinajstić information content (AvgIpc) is 3.25. The van der Waals surface area contributed by atoms with Gasteiger partial charge in [0, 0.05) is 53.2 Å². The van der Waals surface area contributed by atoms with Gasteiger partial charge in [-0.05, 0) is 115 Å². The molecule has 6 unspecified atom stereocenters. The molecular formula is C41H50ClN3O3S. The third kappa shape index (κ3) is 9.63. The summed E-state index contributed by atoms with van der Waals surface area (Å²) in [6, 6.07) is 16.5. The Morgan fingerprint density at radius 2 is 1.98 bits per heavy atom. The van der Waals surface area contributed by atoms with Crippen LogP contribution in [0.3, 0.4) is 0 Å². The van der Waals surface area contributed by atoms with E-state index in [4.69, 9.17) is 22.8 Å². The Morgan fingerprint density at radius 1 is 1.14 bits per heavy atom. The Kier molecular flexibility index (Phi) is 13.1. The zero-order chi connectivity index (χ0) is 34.9. The third-order valence-electron chi connectivity index (χ3n) is 10.2. The molecule has 6 atom stereocenters. The number of benzene rings is 2. The number of aromatic nitrogens is 1. The molecule has 1 fully saturated rings.